The molecule has 0 saturated carbocycles. The van der Waals surface area contributed by atoms with Gasteiger partial charge in [0.1, 0.15) is 5.69 Å². The Bertz CT molecular complexity index is 860. The highest BCUT2D eigenvalue weighted by molar-refractivity contribution is 6.08. The van der Waals surface area contributed by atoms with E-state index in [9.17, 15) is 9.59 Å². The van der Waals surface area contributed by atoms with Crippen LogP contribution >= 0.6 is 0 Å². The molecule has 0 radical (unpaired) electrons. The summed E-state index contributed by atoms with van der Waals surface area (Å²) in [6.07, 6.45) is 0. The monoisotopic (exact) mass is 292 g/mol. The molecule has 1 aromatic heterocycles. The predicted molar refractivity (Wildman–Crippen MR) is 83.1 cm³/mol. The number of aromatic nitrogens is 1. The quantitative estimate of drug-likeness (QED) is 0.777. The first-order valence-corrected chi connectivity index (χ1v) is 6.64. The van der Waals surface area contributed by atoms with E-state index in [-0.39, 0.29) is 11.6 Å². The van der Waals surface area contributed by atoms with Crippen LogP contribution in [0.2, 0.25) is 0 Å². The van der Waals surface area contributed by atoms with E-state index < -0.39 is 5.97 Å². The zero-order valence-corrected chi connectivity index (χ0v) is 11.5. The van der Waals surface area contributed by atoms with Crippen LogP contribution in [0.25, 0.3) is 10.9 Å². The van der Waals surface area contributed by atoms with Gasteiger partial charge in [-0.25, -0.2) is 9.78 Å². The molecule has 2 N–H and O–H groups in total. The Kier molecular flexibility index (Phi) is 3.53. The molecule has 22 heavy (non-hydrogen) atoms. The molecule has 3 rings (SSSR count). The van der Waals surface area contributed by atoms with E-state index in [1.807, 2.05) is 12.1 Å². The van der Waals surface area contributed by atoms with Crippen molar-refractivity contribution in [1.29, 1.82) is 0 Å². The molecule has 1 heterocycles. The van der Waals surface area contributed by atoms with Crippen LogP contribution < -0.4 is 5.32 Å². The zero-order chi connectivity index (χ0) is 15.5. The van der Waals surface area contributed by atoms with Crippen molar-refractivity contribution in [3.63, 3.8) is 0 Å². The standard InChI is InChI=1S/C17H12N2O3/c20-16(12-5-2-1-3-6-12)19-13-8-4-7-11-9-10-14(17(21)22)18-15(11)13/h1-10H,(H,19,20)(H,21,22). The third-order valence-corrected chi connectivity index (χ3v) is 3.22. The number of hydrogen-bond acceptors (Lipinski definition) is 3. The highest BCUT2D eigenvalue weighted by Crippen LogP contribution is 2.22. The van der Waals surface area contributed by atoms with Gasteiger partial charge < -0.3 is 10.4 Å². The van der Waals surface area contributed by atoms with Crippen molar-refractivity contribution < 1.29 is 14.7 Å². The lowest BCUT2D eigenvalue weighted by molar-refractivity contribution is 0.0691. The minimum Gasteiger partial charge on any atom is -0.477 e. The first kappa shape index (κ1) is 13.8. The van der Waals surface area contributed by atoms with Crippen LogP contribution in [0.3, 0.4) is 0 Å². The van der Waals surface area contributed by atoms with Crippen LogP contribution in [0, 0.1) is 0 Å². The maximum Gasteiger partial charge on any atom is 0.354 e. The number of anilines is 1. The van der Waals surface area contributed by atoms with Crippen molar-refractivity contribution in [2.24, 2.45) is 0 Å². The van der Waals surface area contributed by atoms with E-state index in [1.165, 1.54) is 6.07 Å². The van der Waals surface area contributed by atoms with Crippen molar-refractivity contribution in [3.8, 4) is 0 Å². The molecule has 0 spiro atoms. The number of carbonyl (C=O) groups is 2. The number of hydrogen-bond donors (Lipinski definition) is 2. The summed E-state index contributed by atoms with van der Waals surface area (Å²) in [6, 6.07) is 17.2. The number of amides is 1. The summed E-state index contributed by atoms with van der Waals surface area (Å²) in [6.45, 7) is 0. The number of para-hydroxylation sites is 1. The maximum atomic E-state index is 12.2. The fraction of sp³-hybridized carbons (Fsp3) is 0. The van der Waals surface area contributed by atoms with E-state index in [2.05, 4.69) is 10.3 Å². The van der Waals surface area contributed by atoms with Gasteiger partial charge in [-0.05, 0) is 24.3 Å². The number of aromatic carboxylic acids is 1. The average Bonchev–Trinajstić information content (AvgIpc) is 2.55. The van der Waals surface area contributed by atoms with Gasteiger partial charge in [-0.3, -0.25) is 4.79 Å². The number of carboxylic acids is 1. The molecule has 0 atom stereocenters. The first-order chi connectivity index (χ1) is 10.6. The summed E-state index contributed by atoms with van der Waals surface area (Å²) < 4.78 is 0. The third-order valence-electron chi connectivity index (χ3n) is 3.22. The minimum atomic E-state index is -1.11. The van der Waals surface area contributed by atoms with Gasteiger partial charge in [0.05, 0.1) is 11.2 Å². The second-order valence-electron chi connectivity index (χ2n) is 4.70. The molecular formula is C17H12N2O3. The second kappa shape index (κ2) is 5.65. The molecule has 0 aliphatic carbocycles. The summed E-state index contributed by atoms with van der Waals surface area (Å²) in [4.78, 5) is 27.4. The zero-order valence-electron chi connectivity index (χ0n) is 11.5. The Morgan fingerprint density at radius 3 is 2.41 bits per heavy atom. The van der Waals surface area contributed by atoms with E-state index >= 15 is 0 Å². The minimum absolute atomic E-state index is 0.0612. The molecule has 108 valence electrons. The van der Waals surface area contributed by atoms with Gasteiger partial charge >= 0.3 is 5.97 Å². The molecule has 0 fully saturated rings. The molecule has 5 nitrogen and oxygen atoms in total. The summed E-state index contributed by atoms with van der Waals surface area (Å²) in [5, 5.41) is 12.6. The Labute approximate surface area is 126 Å². The predicted octanol–water partition coefficient (Wildman–Crippen LogP) is 3.19. The number of nitrogens with one attached hydrogen (secondary N) is 1. The lowest BCUT2D eigenvalue weighted by Crippen LogP contribution is -2.12. The number of pyridine rings is 1. The van der Waals surface area contributed by atoms with Crippen molar-refractivity contribution in [2.45, 2.75) is 0 Å². The fourth-order valence-corrected chi connectivity index (χ4v) is 2.15. The summed E-state index contributed by atoms with van der Waals surface area (Å²) in [7, 11) is 0. The topological polar surface area (TPSA) is 79.3 Å². The van der Waals surface area contributed by atoms with E-state index in [0.29, 0.717) is 16.8 Å². The number of rotatable bonds is 3. The lowest BCUT2D eigenvalue weighted by atomic mass is 10.1. The molecule has 0 unspecified atom stereocenters. The summed E-state index contributed by atoms with van der Waals surface area (Å²) in [5.41, 5.74) is 1.39. The molecular weight excluding hydrogens is 280 g/mol. The molecule has 2 aromatic carbocycles. The first-order valence-electron chi connectivity index (χ1n) is 6.64. The number of nitrogens with zero attached hydrogens (tertiary/aromatic N) is 1. The van der Waals surface area contributed by atoms with Crippen molar-refractivity contribution in [2.75, 3.05) is 5.32 Å². The van der Waals surface area contributed by atoms with Crippen molar-refractivity contribution in [3.05, 3.63) is 71.9 Å². The molecule has 3 aromatic rings. The third kappa shape index (κ3) is 2.64. The van der Waals surface area contributed by atoms with Crippen LogP contribution in [0.15, 0.2) is 60.7 Å². The number of carboxylic acid groups (broad SMARTS) is 1. The van der Waals surface area contributed by atoms with Gasteiger partial charge in [-0.1, -0.05) is 36.4 Å². The Morgan fingerprint density at radius 2 is 1.68 bits per heavy atom. The highest BCUT2D eigenvalue weighted by atomic mass is 16.4. The van der Waals surface area contributed by atoms with Crippen LogP contribution in [-0.2, 0) is 0 Å². The normalized spacial score (nSPS) is 10.4. The SMILES string of the molecule is O=C(Nc1cccc2ccc(C(=O)O)nc12)c1ccccc1. The molecule has 0 aliphatic rings. The maximum absolute atomic E-state index is 12.2. The Hall–Kier alpha value is -3.21. The molecule has 0 aliphatic heterocycles. The number of fused-ring (bicyclic) bond motifs is 1. The van der Waals surface area contributed by atoms with E-state index in [1.54, 1.807) is 42.5 Å². The van der Waals surface area contributed by atoms with Gasteiger partial charge in [-0.15, -0.1) is 0 Å². The average molecular weight is 292 g/mol. The van der Waals surface area contributed by atoms with E-state index in [0.717, 1.165) is 5.39 Å². The smallest absolute Gasteiger partial charge is 0.354 e. The van der Waals surface area contributed by atoms with Crippen LogP contribution in [0.1, 0.15) is 20.8 Å². The summed E-state index contributed by atoms with van der Waals surface area (Å²) in [5.74, 6) is -1.37. The van der Waals surface area contributed by atoms with Crippen LogP contribution in [0.5, 0.6) is 0 Å². The summed E-state index contributed by atoms with van der Waals surface area (Å²) >= 11 is 0. The lowest BCUT2D eigenvalue weighted by Gasteiger charge is -2.08. The van der Waals surface area contributed by atoms with Crippen LogP contribution in [-0.4, -0.2) is 22.0 Å². The van der Waals surface area contributed by atoms with Crippen LogP contribution in [0.4, 0.5) is 5.69 Å². The van der Waals surface area contributed by atoms with Gasteiger partial charge in [0.25, 0.3) is 5.91 Å². The molecule has 5 heteroatoms. The van der Waals surface area contributed by atoms with Gasteiger partial charge in [-0.2, -0.15) is 0 Å². The second-order valence-corrected chi connectivity index (χ2v) is 4.70. The van der Waals surface area contributed by atoms with Gasteiger partial charge in [0.15, 0.2) is 0 Å². The Balaban J connectivity index is 2.01. The highest BCUT2D eigenvalue weighted by Gasteiger charge is 2.11. The number of carbonyl (C=O) groups excluding carboxylic acids is 1. The largest absolute Gasteiger partial charge is 0.477 e. The fourth-order valence-electron chi connectivity index (χ4n) is 2.15. The molecule has 1 amide bonds. The van der Waals surface area contributed by atoms with Gasteiger partial charge in [0, 0.05) is 10.9 Å². The van der Waals surface area contributed by atoms with Crippen molar-refractivity contribution >= 4 is 28.5 Å². The van der Waals surface area contributed by atoms with E-state index in [4.69, 9.17) is 5.11 Å². The van der Waals surface area contributed by atoms with Gasteiger partial charge in [0.2, 0.25) is 0 Å². The number of benzene rings is 2. The molecule has 0 bridgehead atoms. The Morgan fingerprint density at radius 1 is 0.909 bits per heavy atom. The molecule has 0 saturated heterocycles. The van der Waals surface area contributed by atoms with Crippen molar-refractivity contribution in [1.82, 2.24) is 4.98 Å².